The van der Waals surface area contributed by atoms with E-state index in [-0.39, 0.29) is 32.4 Å². The molecule has 0 bridgehead atoms. The Labute approximate surface area is 375 Å². The Morgan fingerprint density at radius 1 is 0.694 bits per heavy atom. The van der Waals surface area contributed by atoms with Crippen molar-refractivity contribution < 1.29 is 34.0 Å². The molecule has 62 heavy (non-hydrogen) atoms. The van der Waals surface area contributed by atoms with Gasteiger partial charge in [-0.3, -0.25) is 4.79 Å². The predicted molar refractivity (Wildman–Crippen MR) is 255 cm³/mol. The first kappa shape index (κ1) is 50.7. The Kier molecular flexibility index (Phi) is 20.8. The SMILES string of the molecule is C=C(C)C(=O)OCCCc1cc(-c2ccc(-c3ccc(C4CCC(CCCCC)CC4)cc3)c(CC)c2)cc(CCCOC(=O)C(C)(C)C)c1OCCC(CO)(CO)CCCC. The van der Waals surface area contributed by atoms with Gasteiger partial charge in [-0.2, -0.15) is 0 Å². The van der Waals surface area contributed by atoms with Crippen LogP contribution in [0, 0.1) is 16.7 Å². The highest BCUT2D eigenvalue weighted by atomic mass is 16.5. The van der Waals surface area contributed by atoms with Crippen LogP contribution in [-0.2, 0) is 38.3 Å². The fourth-order valence-corrected chi connectivity index (χ4v) is 8.83. The van der Waals surface area contributed by atoms with Crippen molar-refractivity contribution in [3.05, 3.63) is 89.0 Å². The zero-order valence-electron chi connectivity index (χ0n) is 39.5. The van der Waals surface area contributed by atoms with Gasteiger partial charge in [0.25, 0.3) is 0 Å². The van der Waals surface area contributed by atoms with Crippen molar-refractivity contribution in [1.29, 1.82) is 0 Å². The van der Waals surface area contributed by atoms with Gasteiger partial charge in [-0.1, -0.05) is 108 Å². The predicted octanol–water partition coefficient (Wildman–Crippen LogP) is 12.9. The van der Waals surface area contributed by atoms with Gasteiger partial charge in [0.15, 0.2) is 0 Å². The van der Waals surface area contributed by atoms with Crippen LogP contribution in [0.3, 0.4) is 0 Å². The van der Waals surface area contributed by atoms with Crippen LogP contribution in [0.25, 0.3) is 22.3 Å². The van der Waals surface area contributed by atoms with E-state index in [1.807, 2.05) is 20.8 Å². The third kappa shape index (κ3) is 15.1. The Morgan fingerprint density at radius 3 is 1.85 bits per heavy atom. The largest absolute Gasteiger partial charge is 0.493 e. The summed E-state index contributed by atoms with van der Waals surface area (Å²) in [5, 5.41) is 20.8. The van der Waals surface area contributed by atoms with E-state index in [1.54, 1.807) is 6.92 Å². The van der Waals surface area contributed by atoms with E-state index in [0.29, 0.717) is 56.6 Å². The van der Waals surface area contributed by atoms with Crippen LogP contribution in [0.1, 0.15) is 167 Å². The molecule has 3 aromatic carbocycles. The maximum absolute atomic E-state index is 12.6. The fraction of sp³-hybridized carbons (Fsp3) is 0.600. The van der Waals surface area contributed by atoms with Crippen molar-refractivity contribution in [3.8, 4) is 28.0 Å². The smallest absolute Gasteiger partial charge is 0.333 e. The number of ether oxygens (including phenoxy) is 3. The summed E-state index contributed by atoms with van der Waals surface area (Å²) >= 11 is 0. The zero-order valence-corrected chi connectivity index (χ0v) is 39.5. The summed E-state index contributed by atoms with van der Waals surface area (Å²) < 4.78 is 17.9. The molecule has 7 nitrogen and oxygen atoms in total. The van der Waals surface area contributed by atoms with Gasteiger partial charge in [-0.25, -0.2) is 4.79 Å². The molecule has 0 saturated heterocycles. The summed E-state index contributed by atoms with van der Waals surface area (Å²) in [4.78, 5) is 24.9. The molecule has 1 aliphatic carbocycles. The van der Waals surface area contributed by atoms with Gasteiger partial charge in [0.2, 0.25) is 0 Å². The van der Waals surface area contributed by atoms with Gasteiger partial charge in [0.05, 0.1) is 38.4 Å². The molecule has 1 aliphatic rings. The molecule has 342 valence electrons. The number of rotatable bonds is 26. The molecule has 0 unspecified atom stereocenters. The number of hydrogen-bond acceptors (Lipinski definition) is 7. The molecule has 0 aromatic heterocycles. The standard InChI is InChI=1S/C55H80O7/c1-9-12-14-17-41-20-22-43(23-21-41)44-24-26-45(27-25-44)50-29-28-46(35-42(50)11-3)49-36-47(18-15-32-61-52(58)40(4)5)51(60-34-31-55(38-56,39-57)30-13-10-2)48(37-49)19-16-33-62-53(59)54(6,7)8/h24-29,35-37,41,43,56-57H,4,9-23,30-34,38-39H2,1-3,5-8H3. The van der Waals surface area contributed by atoms with Gasteiger partial charge in [-0.15, -0.1) is 0 Å². The van der Waals surface area contributed by atoms with Crippen molar-refractivity contribution in [2.45, 2.75) is 164 Å². The molecule has 3 aromatic rings. The number of hydrogen-bond donors (Lipinski definition) is 2. The molecule has 0 amide bonds. The quantitative estimate of drug-likeness (QED) is 0.0471. The summed E-state index contributed by atoms with van der Waals surface area (Å²) in [5.41, 5.74) is 8.58. The number of carbonyl (C=O) groups excluding carboxylic acids is 2. The molecule has 0 spiro atoms. The molecule has 0 heterocycles. The minimum absolute atomic E-state index is 0.112. The number of unbranched alkanes of at least 4 members (excludes halogenated alkanes) is 3. The third-order valence-corrected chi connectivity index (χ3v) is 13.0. The lowest BCUT2D eigenvalue weighted by Crippen LogP contribution is -2.32. The second-order valence-corrected chi connectivity index (χ2v) is 19.2. The van der Waals surface area contributed by atoms with Crippen LogP contribution in [0.2, 0.25) is 0 Å². The van der Waals surface area contributed by atoms with E-state index in [2.05, 4.69) is 81.9 Å². The summed E-state index contributed by atoms with van der Waals surface area (Å²) in [6, 6.07) is 20.6. The van der Waals surface area contributed by atoms with Gasteiger partial charge >= 0.3 is 11.9 Å². The number of aliphatic hydroxyl groups is 2. The van der Waals surface area contributed by atoms with Crippen molar-refractivity contribution in [2.24, 2.45) is 16.7 Å². The van der Waals surface area contributed by atoms with E-state index < -0.39 is 16.8 Å². The maximum Gasteiger partial charge on any atom is 0.333 e. The van der Waals surface area contributed by atoms with Crippen LogP contribution in [0.15, 0.2) is 66.7 Å². The lowest BCUT2D eigenvalue weighted by atomic mass is 9.77. The van der Waals surface area contributed by atoms with Crippen molar-refractivity contribution >= 4 is 11.9 Å². The molecule has 0 atom stereocenters. The zero-order chi connectivity index (χ0) is 45.1. The van der Waals surface area contributed by atoms with Crippen LogP contribution >= 0.6 is 0 Å². The Bertz CT molecular complexity index is 1840. The Balaban J connectivity index is 1.65. The van der Waals surface area contributed by atoms with E-state index in [9.17, 15) is 19.8 Å². The van der Waals surface area contributed by atoms with E-state index in [4.69, 9.17) is 14.2 Å². The lowest BCUT2D eigenvalue weighted by Gasteiger charge is -2.30. The molecule has 2 N–H and O–H groups in total. The first-order chi connectivity index (χ1) is 29.8. The van der Waals surface area contributed by atoms with Crippen molar-refractivity contribution in [2.75, 3.05) is 33.0 Å². The molecule has 4 rings (SSSR count). The number of esters is 2. The first-order valence-electron chi connectivity index (χ1n) is 24.0. The van der Waals surface area contributed by atoms with Crippen molar-refractivity contribution in [3.63, 3.8) is 0 Å². The van der Waals surface area contributed by atoms with Gasteiger partial charge in [-0.05, 0) is 167 Å². The topological polar surface area (TPSA) is 102 Å². The molecular weight excluding hydrogens is 773 g/mol. The van der Waals surface area contributed by atoms with Crippen LogP contribution in [0.5, 0.6) is 5.75 Å². The van der Waals surface area contributed by atoms with E-state index in [0.717, 1.165) is 53.2 Å². The highest BCUT2D eigenvalue weighted by Crippen LogP contribution is 2.40. The average Bonchev–Trinajstić information content (AvgIpc) is 3.27. The minimum atomic E-state index is -0.625. The third-order valence-electron chi connectivity index (χ3n) is 13.0. The van der Waals surface area contributed by atoms with Gasteiger partial charge < -0.3 is 24.4 Å². The molecular formula is C55H80O7. The summed E-state index contributed by atoms with van der Waals surface area (Å²) in [7, 11) is 0. The first-order valence-corrected chi connectivity index (χ1v) is 24.0. The van der Waals surface area contributed by atoms with Crippen LogP contribution in [0.4, 0.5) is 0 Å². The molecule has 7 heteroatoms. The number of carbonyl (C=O) groups is 2. The Morgan fingerprint density at radius 2 is 1.29 bits per heavy atom. The monoisotopic (exact) mass is 853 g/mol. The van der Waals surface area contributed by atoms with Gasteiger partial charge in [0.1, 0.15) is 5.75 Å². The van der Waals surface area contributed by atoms with Crippen LogP contribution < -0.4 is 4.74 Å². The highest BCUT2D eigenvalue weighted by Gasteiger charge is 2.29. The van der Waals surface area contributed by atoms with E-state index >= 15 is 0 Å². The highest BCUT2D eigenvalue weighted by molar-refractivity contribution is 5.86. The molecule has 1 fully saturated rings. The summed E-state index contributed by atoms with van der Waals surface area (Å²) in [5.74, 6) is 1.69. The molecule has 0 radical (unpaired) electrons. The number of aryl methyl sites for hydroxylation is 3. The number of aliphatic hydroxyl groups excluding tert-OH is 2. The summed E-state index contributed by atoms with van der Waals surface area (Å²) in [6.45, 7) is 18.2. The normalized spacial score (nSPS) is 15.6. The number of benzene rings is 3. The minimum Gasteiger partial charge on any atom is -0.493 e. The van der Waals surface area contributed by atoms with E-state index in [1.165, 1.54) is 73.6 Å². The molecule has 0 aliphatic heterocycles. The summed E-state index contributed by atoms with van der Waals surface area (Å²) in [6.07, 6.45) is 17.1. The Hall–Kier alpha value is -3.94. The van der Waals surface area contributed by atoms with Crippen LogP contribution in [-0.4, -0.2) is 55.2 Å². The maximum atomic E-state index is 12.6. The van der Waals surface area contributed by atoms with Gasteiger partial charge in [0, 0.05) is 11.0 Å². The van der Waals surface area contributed by atoms with Crippen molar-refractivity contribution in [1.82, 2.24) is 0 Å². The lowest BCUT2D eigenvalue weighted by molar-refractivity contribution is -0.153. The second-order valence-electron chi connectivity index (χ2n) is 19.2. The second kappa shape index (κ2) is 25.4. The molecule has 1 saturated carbocycles. The average molecular weight is 853 g/mol. The fourth-order valence-electron chi connectivity index (χ4n) is 8.83.